The van der Waals surface area contributed by atoms with Crippen LogP contribution in [0.2, 0.25) is 0 Å². The van der Waals surface area contributed by atoms with E-state index in [4.69, 9.17) is 14.6 Å². The minimum Gasteiger partial charge on any atom is -0.478 e. The summed E-state index contributed by atoms with van der Waals surface area (Å²) in [6.45, 7) is 1.27. The minimum absolute atomic E-state index is 0.218. The van der Waals surface area contributed by atoms with Gasteiger partial charge in [-0.25, -0.2) is 4.79 Å². The van der Waals surface area contributed by atoms with Crippen LogP contribution in [0.1, 0.15) is 21.6 Å². The molecule has 0 fully saturated rings. The van der Waals surface area contributed by atoms with Crippen molar-refractivity contribution < 1.29 is 19.4 Å². The van der Waals surface area contributed by atoms with Gasteiger partial charge in [0.15, 0.2) is 11.5 Å². The van der Waals surface area contributed by atoms with Gasteiger partial charge in [0.25, 0.3) is 0 Å². The smallest absolute Gasteiger partial charge is 0.339 e. The van der Waals surface area contributed by atoms with Crippen molar-refractivity contribution in [3.63, 3.8) is 0 Å². The maximum Gasteiger partial charge on any atom is 0.339 e. The molecule has 1 aliphatic rings. The van der Waals surface area contributed by atoms with Crippen molar-refractivity contribution >= 4 is 5.97 Å². The van der Waals surface area contributed by atoms with Crippen LogP contribution in [-0.4, -0.2) is 27.6 Å². The fourth-order valence-corrected chi connectivity index (χ4v) is 2.23. The molecule has 7 heteroatoms. The van der Waals surface area contributed by atoms with E-state index in [1.165, 1.54) is 6.20 Å². The highest BCUT2D eigenvalue weighted by atomic mass is 16.7. The molecule has 0 spiro atoms. The third-order valence-electron chi connectivity index (χ3n) is 3.35. The molecule has 2 N–H and O–H groups in total. The van der Waals surface area contributed by atoms with Crippen LogP contribution in [0.3, 0.4) is 0 Å². The maximum absolute atomic E-state index is 11.1. The highest BCUT2D eigenvalue weighted by Gasteiger charge is 2.15. The van der Waals surface area contributed by atoms with Crippen molar-refractivity contribution in [2.45, 2.75) is 13.1 Å². The number of aromatic nitrogens is 2. The molecule has 7 nitrogen and oxygen atoms in total. The number of hydrogen-bond acceptors (Lipinski definition) is 5. The summed E-state index contributed by atoms with van der Waals surface area (Å²) in [5, 5.41) is 16.3. The molecule has 0 saturated carbocycles. The molecule has 1 aromatic heterocycles. The van der Waals surface area contributed by atoms with Gasteiger partial charge in [-0.3, -0.25) is 4.68 Å². The second-order valence-corrected chi connectivity index (χ2v) is 4.72. The van der Waals surface area contributed by atoms with Crippen LogP contribution >= 0.6 is 0 Å². The Labute approximate surface area is 121 Å². The monoisotopic (exact) mass is 289 g/mol. The Morgan fingerprint density at radius 1 is 1.38 bits per heavy atom. The summed E-state index contributed by atoms with van der Waals surface area (Å²) in [4.78, 5) is 11.1. The van der Waals surface area contributed by atoms with Crippen molar-refractivity contribution in [1.29, 1.82) is 0 Å². The van der Waals surface area contributed by atoms with E-state index < -0.39 is 5.97 Å². The fourth-order valence-electron chi connectivity index (χ4n) is 2.23. The van der Waals surface area contributed by atoms with Crippen LogP contribution in [0.25, 0.3) is 0 Å². The van der Waals surface area contributed by atoms with Gasteiger partial charge in [-0.2, -0.15) is 5.10 Å². The quantitative estimate of drug-likeness (QED) is 0.858. The lowest BCUT2D eigenvalue weighted by Gasteiger charge is -2.07. The lowest BCUT2D eigenvalue weighted by Crippen LogP contribution is -2.17. The van der Waals surface area contributed by atoms with E-state index in [2.05, 4.69) is 10.4 Å². The van der Waals surface area contributed by atoms with Crippen molar-refractivity contribution in [3.8, 4) is 11.5 Å². The summed E-state index contributed by atoms with van der Waals surface area (Å²) in [6, 6.07) is 5.73. The molecule has 0 radical (unpaired) electrons. The maximum atomic E-state index is 11.1. The Hall–Kier alpha value is -2.54. The predicted octanol–water partition coefficient (Wildman–Crippen LogP) is 1.14. The number of carbonyl (C=O) groups is 1. The molecule has 1 aromatic carbocycles. The number of hydrogen-bond donors (Lipinski definition) is 2. The lowest BCUT2D eigenvalue weighted by atomic mass is 10.2. The van der Waals surface area contributed by atoms with Gasteiger partial charge in [-0.05, 0) is 17.7 Å². The first-order chi connectivity index (χ1) is 10.1. The van der Waals surface area contributed by atoms with E-state index >= 15 is 0 Å². The van der Waals surface area contributed by atoms with E-state index in [0.717, 1.165) is 17.1 Å². The second kappa shape index (κ2) is 5.45. The minimum atomic E-state index is -0.969. The molecule has 0 bridgehead atoms. The van der Waals surface area contributed by atoms with Gasteiger partial charge >= 0.3 is 5.97 Å². The second-order valence-electron chi connectivity index (χ2n) is 4.72. The average Bonchev–Trinajstić information content (AvgIpc) is 3.05. The van der Waals surface area contributed by atoms with Crippen molar-refractivity contribution in [2.75, 3.05) is 6.79 Å². The largest absolute Gasteiger partial charge is 0.478 e. The Bertz CT molecular complexity index is 681. The van der Waals surface area contributed by atoms with Crippen LogP contribution in [0, 0.1) is 0 Å². The van der Waals surface area contributed by atoms with Crippen molar-refractivity contribution in [2.24, 2.45) is 7.05 Å². The van der Waals surface area contributed by atoms with E-state index in [0.29, 0.717) is 18.8 Å². The summed E-state index contributed by atoms with van der Waals surface area (Å²) in [6.07, 6.45) is 1.36. The number of carboxylic acid groups (broad SMARTS) is 1. The number of fused-ring (bicyclic) bond motifs is 1. The highest BCUT2D eigenvalue weighted by molar-refractivity contribution is 5.88. The number of carboxylic acids is 1. The number of benzene rings is 1. The zero-order valence-electron chi connectivity index (χ0n) is 11.5. The molecule has 2 aromatic rings. The Morgan fingerprint density at radius 3 is 3.00 bits per heavy atom. The molecule has 110 valence electrons. The van der Waals surface area contributed by atoms with Gasteiger partial charge in [-0.15, -0.1) is 0 Å². The summed E-state index contributed by atoms with van der Waals surface area (Å²) in [7, 11) is 1.73. The fraction of sp³-hybridized carbons (Fsp3) is 0.286. The lowest BCUT2D eigenvalue weighted by molar-refractivity contribution is 0.0695. The van der Waals surface area contributed by atoms with Gasteiger partial charge in [-0.1, -0.05) is 6.07 Å². The van der Waals surface area contributed by atoms with Gasteiger partial charge in [0.1, 0.15) is 5.56 Å². The first-order valence-corrected chi connectivity index (χ1v) is 6.48. The summed E-state index contributed by atoms with van der Waals surface area (Å²) in [5.41, 5.74) is 1.90. The zero-order valence-corrected chi connectivity index (χ0v) is 11.5. The Kier molecular flexibility index (Phi) is 3.49. The molecular weight excluding hydrogens is 274 g/mol. The van der Waals surface area contributed by atoms with Crippen LogP contribution < -0.4 is 14.8 Å². The van der Waals surface area contributed by atoms with Crippen LogP contribution in [0.4, 0.5) is 0 Å². The SMILES string of the molecule is Cn1ncc(C(=O)O)c1CNCc1ccc2c(c1)OCO2. The number of nitrogens with one attached hydrogen (secondary N) is 1. The van der Waals surface area contributed by atoms with Crippen molar-refractivity contribution in [3.05, 3.63) is 41.2 Å². The molecule has 0 unspecified atom stereocenters. The molecule has 0 amide bonds. The van der Waals surface area contributed by atoms with Gasteiger partial charge in [0.05, 0.1) is 11.9 Å². The topological polar surface area (TPSA) is 85.6 Å². The zero-order chi connectivity index (χ0) is 14.8. The molecule has 1 aliphatic heterocycles. The van der Waals surface area contributed by atoms with Gasteiger partial charge in [0.2, 0.25) is 6.79 Å². The Morgan fingerprint density at radius 2 is 2.19 bits per heavy atom. The molecule has 0 atom stereocenters. The number of aromatic carboxylic acids is 1. The van der Waals surface area contributed by atoms with Crippen LogP contribution in [0.15, 0.2) is 24.4 Å². The summed E-state index contributed by atoms with van der Waals surface area (Å²) >= 11 is 0. The van der Waals surface area contributed by atoms with Gasteiger partial charge < -0.3 is 19.9 Å². The Balaban J connectivity index is 1.64. The number of ether oxygens (including phenoxy) is 2. The number of rotatable bonds is 5. The molecule has 21 heavy (non-hydrogen) atoms. The first-order valence-electron chi connectivity index (χ1n) is 6.48. The van der Waals surface area contributed by atoms with E-state index in [1.807, 2.05) is 18.2 Å². The van der Waals surface area contributed by atoms with Crippen molar-refractivity contribution in [1.82, 2.24) is 15.1 Å². The number of nitrogens with zero attached hydrogens (tertiary/aromatic N) is 2. The van der Waals surface area contributed by atoms with E-state index in [9.17, 15) is 4.79 Å². The average molecular weight is 289 g/mol. The highest BCUT2D eigenvalue weighted by Crippen LogP contribution is 2.32. The third-order valence-corrected chi connectivity index (χ3v) is 3.35. The van der Waals surface area contributed by atoms with E-state index in [1.54, 1.807) is 11.7 Å². The molecule has 0 aliphatic carbocycles. The predicted molar refractivity (Wildman–Crippen MR) is 73.3 cm³/mol. The van der Waals surface area contributed by atoms with Crippen LogP contribution in [0.5, 0.6) is 11.5 Å². The number of aryl methyl sites for hydroxylation is 1. The standard InChI is InChI=1S/C14H15N3O4/c1-17-11(10(6-16-17)14(18)19)7-15-5-9-2-3-12-13(4-9)21-8-20-12/h2-4,6,15H,5,7-8H2,1H3,(H,18,19). The molecule has 2 heterocycles. The molecule has 3 rings (SSSR count). The molecule has 0 saturated heterocycles. The normalized spacial score (nSPS) is 12.6. The summed E-state index contributed by atoms with van der Waals surface area (Å²) in [5.74, 6) is 0.516. The van der Waals surface area contributed by atoms with Gasteiger partial charge in [0, 0.05) is 20.1 Å². The van der Waals surface area contributed by atoms with E-state index in [-0.39, 0.29) is 12.4 Å². The summed E-state index contributed by atoms with van der Waals surface area (Å²) < 4.78 is 12.1. The third kappa shape index (κ3) is 2.68. The first kappa shape index (κ1) is 13.4. The van der Waals surface area contributed by atoms with Crippen LogP contribution in [-0.2, 0) is 20.1 Å². The molecular formula is C14H15N3O4.